The third kappa shape index (κ3) is 6.69. The van der Waals surface area contributed by atoms with Crippen molar-refractivity contribution in [3.8, 4) is 5.75 Å². The highest BCUT2D eigenvalue weighted by atomic mass is 16.5. The van der Waals surface area contributed by atoms with Crippen LogP contribution in [0.15, 0.2) is 61.4 Å². The van der Waals surface area contributed by atoms with Crippen LogP contribution in [-0.2, 0) is 20.7 Å². The van der Waals surface area contributed by atoms with Gasteiger partial charge in [0.05, 0.1) is 26.6 Å². The van der Waals surface area contributed by atoms with Crippen molar-refractivity contribution in [2.24, 2.45) is 0 Å². The lowest BCUT2D eigenvalue weighted by atomic mass is 10.0. The number of aromatic nitrogens is 4. The minimum atomic E-state index is -1.02. The molecule has 0 bridgehead atoms. The third-order valence-electron chi connectivity index (χ3n) is 6.18. The fraction of sp³-hybridized carbons (Fsp3) is 0.308. The molecule has 0 aliphatic carbocycles. The van der Waals surface area contributed by atoms with E-state index in [-0.39, 0.29) is 30.8 Å². The zero-order valence-electron chi connectivity index (χ0n) is 21.3. The van der Waals surface area contributed by atoms with Gasteiger partial charge in [0.15, 0.2) is 0 Å². The molecule has 1 fully saturated rings. The number of methoxy groups -OCH3 is 2. The fourth-order valence-corrected chi connectivity index (χ4v) is 4.25. The summed E-state index contributed by atoms with van der Waals surface area (Å²) in [4.78, 5) is 69.2. The van der Waals surface area contributed by atoms with Crippen LogP contribution in [0.2, 0.25) is 0 Å². The van der Waals surface area contributed by atoms with Gasteiger partial charge < -0.3 is 25.0 Å². The highest BCUT2D eigenvalue weighted by molar-refractivity contribution is 5.98. The van der Waals surface area contributed by atoms with E-state index in [4.69, 9.17) is 9.47 Å². The van der Waals surface area contributed by atoms with E-state index in [1.165, 1.54) is 49.2 Å². The van der Waals surface area contributed by atoms with Crippen LogP contribution >= 0.6 is 0 Å². The molecular weight excluding hydrogens is 506 g/mol. The van der Waals surface area contributed by atoms with Gasteiger partial charge in [-0.2, -0.15) is 0 Å². The van der Waals surface area contributed by atoms with E-state index >= 15 is 0 Å². The number of nitrogens with zero attached hydrogens (tertiary/aromatic N) is 5. The normalized spacial score (nSPS) is 17.1. The van der Waals surface area contributed by atoms with E-state index in [0.29, 0.717) is 5.75 Å². The second-order valence-corrected chi connectivity index (χ2v) is 8.70. The van der Waals surface area contributed by atoms with E-state index in [2.05, 4.69) is 30.6 Å². The second kappa shape index (κ2) is 12.5. The summed E-state index contributed by atoms with van der Waals surface area (Å²) in [6.07, 6.45) is 8.49. The van der Waals surface area contributed by atoms with Crippen molar-refractivity contribution in [1.29, 1.82) is 0 Å². The monoisotopic (exact) mass is 533 g/mol. The summed E-state index contributed by atoms with van der Waals surface area (Å²) in [6.45, 7) is 0.0286. The maximum atomic E-state index is 13.5. The van der Waals surface area contributed by atoms with Crippen LogP contribution in [0, 0.1) is 0 Å². The number of esters is 1. The molecule has 39 heavy (non-hydrogen) atoms. The van der Waals surface area contributed by atoms with Gasteiger partial charge in [0, 0.05) is 43.8 Å². The maximum Gasteiger partial charge on any atom is 0.328 e. The first kappa shape index (κ1) is 27.1. The lowest BCUT2D eigenvalue weighted by molar-refractivity contribution is -0.145. The number of carbonyl (C=O) groups excluding carboxylic acids is 4. The fourth-order valence-electron chi connectivity index (χ4n) is 4.25. The standard InChI is InChI=1S/C26H27N7O6/c1-38-18-5-3-16(4-6-18)11-19(26(37)39-2)32-24(35)22-12-17(31-23(34)20-13-27-7-9-29-20)15-33(22)25(36)21-14-28-8-10-30-21/h3-10,13-14,17,19,22H,11-12,15H2,1-2H3,(H,31,34)(H,32,35). The van der Waals surface area contributed by atoms with Crippen molar-refractivity contribution in [2.75, 3.05) is 20.8 Å². The van der Waals surface area contributed by atoms with Crippen molar-refractivity contribution in [2.45, 2.75) is 31.0 Å². The Morgan fingerprint density at radius 2 is 1.64 bits per heavy atom. The largest absolute Gasteiger partial charge is 0.497 e. The molecule has 2 aromatic heterocycles. The number of hydrogen-bond acceptors (Lipinski definition) is 10. The molecule has 3 aromatic rings. The first-order valence-electron chi connectivity index (χ1n) is 12.0. The van der Waals surface area contributed by atoms with Gasteiger partial charge in [0.25, 0.3) is 11.8 Å². The minimum Gasteiger partial charge on any atom is -0.497 e. The van der Waals surface area contributed by atoms with Gasteiger partial charge in [-0.15, -0.1) is 0 Å². The number of likely N-dealkylation sites (tertiary alicyclic amines) is 1. The molecule has 0 radical (unpaired) electrons. The Kier molecular flexibility index (Phi) is 8.71. The van der Waals surface area contributed by atoms with Gasteiger partial charge in [0.2, 0.25) is 5.91 Å². The van der Waals surface area contributed by atoms with Crippen LogP contribution < -0.4 is 15.4 Å². The first-order chi connectivity index (χ1) is 18.9. The predicted octanol–water partition coefficient (Wildman–Crippen LogP) is 0.189. The van der Waals surface area contributed by atoms with Gasteiger partial charge in [-0.1, -0.05) is 12.1 Å². The SMILES string of the molecule is COC(=O)C(Cc1ccc(OC)cc1)NC(=O)C1CC(NC(=O)c2cnccn2)CN1C(=O)c1cnccn1. The summed E-state index contributed by atoms with van der Waals surface area (Å²) in [5.41, 5.74) is 0.904. The lowest BCUT2D eigenvalue weighted by Gasteiger charge is -2.25. The highest BCUT2D eigenvalue weighted by Gasteiger charge is 2.42. The van der Waals surface area contributed by atoms with Gasteiger partial charge in [0.1, 0.15) is 29.2 Å². The second-order valence-electron chi connectivity index (χ2n) is 8.70. The summed E-state index contributed by atoms with van der Waals surface area (Å²) >= 11 is 0. The highest BCUT2D eigenvalue weighted by Crippen LogP contribution is 2.22. The molecule has 3 atom stereocenters. The molecule has 13 nitrogen and oxygen atoms in total. The topological polar surface area (TPSA) is 166 Å². The van der Waals surface area contributed by atoms with Crippen LogP contribution in [0.25, 0.3) is 0 Å². The Hall–Kier alpha value is -4.94. The Morgan fingerprint density at radius 1 is 0.974 bits per heavy atom. The van der Waals surface area contributed by atoms with Crippen molar-refractivity contribution < 1.29 is 28.7 Å². The zero-order chi connectivity index (χ0) is 27.8. The average molecular weight is 534 g/mol. The molecule has 2 N–H and O–H groups in total. The minimum absolute atomic E-state index is 0.0286. The Labute approximate surface area is 224 Å². The molecule has 1 aromatic carbocycles. The quantitative estimate of drug-likeness (QED) is 0.363. The van der Waals surface area contributed by atoms with Gasteiger partial charge in [-0.3, -0.25) is 24.4 Å². The molecule has 0 spiro atoms. The molecule has 4 rings (SSSR count). The number of hydrogen-bond donors (Lipinski definition) is 2. The molecule has 202 valence electrons. The van der Waals surface area contributed by atoms with E-state index in [1.54, 1.807) is 31.4 Å². The maximum absolute atomic E-state index is 13.5. The van der Waals surface area contributed by atoms with E-state index in [9.17, 15) is 19.2 Å². The average Bonchev–Trinajstić information content (AvgIpc) is 3.41. The molecule has 13 heteroatoms. The van der Waals surface area contributed by atoms with Crippen molar-refractivity contribution in [3.63, 3.8) is 0 Å². The number of benzene rings is 1. The molecular formula is C26H27N7O6. The molecule has 0 saturated carbocycles. The van der Waals surface area contributed by atoms with Crippen LogP contribution in [-0.4, -0.2) is 87.4 Å². The molecule has 1 aliphatic rings. The van der Waals surface area contributed by atoms with Crippen LogP contribution in [0.4, 0.5) is 0 Å². The lowest BCUT2D eigenvalue weighted by Crippen LogP contribution is -2.51. The van der Waals surface area contributed by atoms with Gasteiger partial charge in [-0.25, -0.2) is 14.8 Å². The van der Waals surface area contributed by atoms with Crippen molar-refractivity contribution in [1.82, 2.24) is 35.5 Å². The summed E-state index contributed by atoms with van der Waals surface area (Å²) in [5, 5.41) is 5.52. The zero-order valence-corrected chi connectivity index (χ0v) is 21.3. The van der Waals surface area contributed by atoms with Crippen LogP contribution in [0.5, 0.6) is 5.75 Å². The number of rotatable bonds is 9. The number of ether oxygens (including phenoxy) is 2. The van der Waals surface area contributed by atoms with Gasteiger partial charge >= 0.3 is 5.97 Å². The summed E-state index contributed by atoms with van der Waals surface area (Å²) in [7, 11) is 2.78. The summed E-state index contributed by atoms with van der Waals surface area (Å²) < 4.78 is 10.1. The molecule has 3 unspecified atom stereocenters. The molecule has 1 saturated heterocycles. The van der Waals surface area contributed by atoms with E-state index < -0.39 is 41.8 Å². The molecule has 1 aliphatic heterocycles. The van der Waals surface area contributed by atoms with Crippen molar-refractivity contribution in [3.05, 3.63) is 78.4 Å². The van der Waals surface area contributed by atoms with Crippen LogP contribution in [0.3, 0.4) is 0 Å². The Balaban J connectivity index is 1.53. The number of carbonyl (C=O) groups is 4. The molecule has 3 amide bonds. The smallest absolute Gasteiger partial charge is 0.328 e. The summed E-state index contributed by atoms with van der Waals surface area (Å²) in [6, 6.07) is 4.44. The Morgan fingerprint density at radius 3 is 2.23 bits per heavy atom. The predicted molar refractivity (Wildman–Crippen MR) is 135 cm³/mol. The van der Waals surface area contributed by atoms with E-state index in [1.807, 2.05) is 0 Å². The van der Waals surface area contributed by atoms with E-state index in [0.717, 1.165) is 5.56 Å². The Bertz CT molecular complexity index is 1310. The summed E-state index contributed by atoms with van der Waals surface area (Å²) in [5.74, 6) is -1.60. The third-order valence-corrected chi connectivity index (χ3v) is 6.18. The van der Waals surface area contributed by atoms with Crippen LogP contribution in [0.1, 0.15) is 33.0 Å². The first-order valence-corrected chi connectivity index (χ1v) is 12.0. The van der Waals surface area contributed by atoms with Crippen molar-refractivity contribution >= 4 is 23.7 Å². The van der Waals surface area contributed by atoms with Gasteiger partial charge in [-0.05, 0) is 24.1 Å². The molecule has 3 heterocycles. The number of amides is 3. The number of nitrogens with one attached hydrogen (secondary N) is 2.